The largest absolute Gasteiger partial charge is 0.756 e. The number of nitrogens with zero attached hydrogens (tertiary/aromatic N) is 3. The van der Waals surface area contributed by atoms with Crippen LogP contribution < -0.4 is 16.2 Å². The van der Waals surface area contributed by atoms with Crippen LogP contribution in [0.2, 0.25) is 0 Å². The number of aromatic amines is 1. The van der Waals surface area contributed by atoms with Crippen LogP contribution in [0.5, 0.6) is 0 Å². The molecule has 1 saturated heterocycles. The Morgan fingerprint density at radius 3 is 2.72 bits per heavy atom. The number of nitrogen functional groups attached to an aromatic ring is 1. The summed E-state index contributed by atoms with van der Waals surface area (Å²) in [5.41, 5.74) is 3.00. The van der Waals surface area contributed by atoms with Crippen LogP contribution in [0.4, 0.5) is 5.95 Å². The van der Waals surface area contributed by atoms with Crippen molar-refractivity contribution in [3.05, 3.63) is 16.7 Å². The number of aromatic nitrogens is 4. The Kier molecular flexibility index (Phi) is 6.94. The first-order valence-electron chi connectivity index (χ1n) is 8.92. The second-order valence-electron chi connectivity index (χ2n) is 6.98. The number of phosphoric ester groups is 1. The van der Waals surface area contributed by atoms with Crippen molar-refractivity contribution >= 4 is 32.5 Å². The summed E-state index contributed by atoms with van der Waals surface area (Å²) in [5, 5.41) is 21.4. The van der Waals surface area contributed by atoms with Gasteiger partial charge in [-0.15, -0.1) is 0 Å². The molecule has 0 aliphatic carbocycles. The average Bonchev–Trinajstić information content (AvgIpc) is 3.21. The molecule has 1 aliphatic heterocycles. The lowest BCUT2D eigenvalue weighted by Gasteiger charge is -2.27. The number of hydrogen-bond acceptors (Lipinski definition) is 14. The topological polar surface area (TPSA) is 233 Å². The van der Waals surface area contributed by atoms with E-state index in [2.05, 4.69) is 28.3 Å². The van der Waals surface area contributed by atoms with Crippen LogP contribution in [0.1, 0.15) is 13.2 Å². The van der Waals surface area contributed by atoms with E-state index < -0.39 is 58.0 Å². The van der Waals surface area contributed by atoms with Gasteiger partial charge in [0.1, 0.15) is 24.2 Å². The molecule has 32 heavy (non-hydrogen) atoms. The highest BCUT2D eigenvalue weighted by molar-refractivity contribution is 7.63. The Balaban J connectivity index is 1.76. The van der Waals surface area contributed by atoms with E-state index in [-0.39, 0.29) is 17.1 Å². The standard InChI is InChI=1S/C14H23N5O11P2/c1-14(22)9(20)7(4-28-6-31(23,26-2)30-32(24,25)27-3)29-12(14)19-5-16-8-10(19)17-13(15)18-11(8)21/h5,7,9,12,20,22H,4,6H2,1-3H3,(H,24,25)(H3,15,17,18,21)/p-1/t7-,9?,12-,14?,31?/m1/s1. The first kappa shape index (κ1) is 24.9. The van der Waals surface area contributed by atoms with E-state index in [0.717, 1.165) is 14.2 Å². The van der Waals surface area contributed by atoms with Crippen LogP contribution in [0.3, 0.4) is 0 Å². The van der Waals surface area contributed by atoms with Gasteiger partial charge in [-0.2, -0.15) is 4.98 Å². The molecule has 1 aliphatic rings. The number of nitrogens with one attached hydrogen (secondary N) is 1. The van der Waals surface area contributed by atoms with Gasteiger partial charge in [-0.25, -0.2) is 9.29 Å². The number of rotatable bonds is 9. The van der Waals surface area contributed by atoms with E-state index in [9.17, 15) is 29.0 Å². The van der Waals surface area contributed by atoms with E-state index in [1.54, 1.807) is 0 Å². The first-order chi connectivity index (χ1) is 14.8. The second kappa shape index (κ2) is 8.91. The maximum absolute atomic E-state index is 12.4. The lowest BCUT2D eigenvalue weighted by atomic mass is 9.96. The third-order valence-electron chi connectivity index (χ3n) is 4.72. The van der Waals surface area contributed by atoms with Gasteiger partial charge in [0.05, 0.1) is 12.9 Å². The quantitative estimate of drug-likeness (QED) is 0.293. The summed E-state index contributed by atoms with van der Waals surface area (Å²) in [6, 6.07) is 0. The van der Waals surface area contributed by atoms with Gasteiger partial charge in [-0.1, -0.05) is 0 Å². The van der Waals surface area contributed by atoms with Crippen LogP contribution in [-0.2, 0) is 32.0 Å². The zero-order valence-electron chi connectivity index (χ0n) is 17.1. The highest BCUT2D eigenvalue weighted by Crippen LogP contribution is 2.60. The average molecular weight is 498 g/mol. The molecule has 16 nitrogen and oxygen atoms in total. The Hall–Kier alpha value is -1.71. The van der Waals surface area contributed by atoms with Crippen molar-refractivity contribution in [2.45, 2.75) is 31.0 Å². The number of aliphatic hydroxyl groups excluding tert-OH is 1. The highest BCUT2D eigenvalue weighted by Gasteiger charge is 2.53. The number of phosphoric acid groups is 1. The molecule has 0 radical (unpaired) electrons. The van der Waals surface area contributed by atoms with Gasteiger partial charge in [-0.3, -0.25) is 23.5 Å². The Morgan fingerprint density at radius 2 is 2.09 bits per heavy atom. The van der Waals surface area contributed by atoms with Crippen molar-refractivity contribution in [2.24, 2.45) is 0 Å². The van der Waals surface area contributed by atoms with E-state index >= 15 is 0 Å². The van der Waals surface area contributed by atoms with Crippen molar-refractivity contribution in [1.82, 2.24) is 19.5 Å². The van der Waals surface area contributed by atoms with Gasteiger partial charge < -0.3 is 39.4 Å². The number of anilines is 1. The maximum Gasteiger partial charge on any atom is 0.362 e. The summed E-state index contributed by atoms with van der Waals surface area (Å²) in [6.45, 7) is 0.837. The molecule has 6 atom stereocenters. The zero-order chi connectivity index (χ0) is 23.9. The van der Waals surface area contributed by atoms with Gasteiger partial charge in [0, 0.05) is 14.2 Å². The second-order valence-corrected chi connectivity index (χ2v) is 10.7. The molecule has 2 aromatic rings. The molecule has 1 fully saturated rings. The normalized spacial score (nSPS) is 29.8. The third kappa shape index (κ3) is 4.79. The number of ether oxygens (including phenoxy) is 2. The van der Waals surface area contributed by atoms with E-state index in [4.69, 9.17) is 15.2 Å². The summed E-state index contributed by atoms with van der Waals surface area (Å²) in [4.78, 5) is 33.6. The summed E-state index contributed by atoms with van der Waals surface area (Å²) in [6.07, 6.45) is -3.58. The molecule has 5 N–H and O–H groups in total. The molecule has 0 spiro atoms. The number of hydrogen-bond donors (Lipinski definition) is 4. The molecule has 3 heterocycles. The predicted molar refractivity (Wildman–Crippen MR) is 104 cm³/mol. The Morgan fingerprint density at radius 1 is 1.41 bits per heavy atom. The fourth-order valence-electron chi connectivity index (χ4n) is 3.07. The maximum atomic E-state index is 12.4. The minimum atomic E-state index is -4.88. The summed E-state index contributed by atoms with van der Waals surface area (Å²) >= 11 is 0. The molecule has 4 unspecified atom stereocenters. The summed E-state index contributed by atoms with van der Waals surface area (Å²) < 4.78 is 48.9. The van der Waals surface area contributed by atoms with E-state index in [1.165, 1.54) is 17.8 Å². The number of aliphatic hydroxyl groups is 2. The van der Waals surface area contributed by atoms with Gasteiger partial charge in [0.2, 0.25) is 5.95 Å². The molecule has 0 aromatic carbocycles. The lowest BCUT2D eigenvalue weighted by molar-refractivity contribution is -0.215. The zero-order valence-corrected chi connectivity index (χ0v) is 18.9. The fourth-order valence-corrected chi connectivity index (χ4v) is 5.44. The van der Waals surface area contributed by atoms with E-state index in [0.29, 0.717) is 0 Å². The van der Waals surface area contributed by atoms with Crippen molar-refractivity contribution in [3.8, 4) is 0 Å². The smallest absolute Gasteiger partial charge is 0.362 e. The summed E-state index contributed by atoms with van der Waals surface area (Å²) in [5.74, 6) is -0.190. The third-order valence-corrected chi connectivity index (χ3v) is 8.01. The Labute approximate surface area is 180 Å². The molecule has 2 aromatic heterocycles. The molecule has 180 valence electrons. The number of imidazole rings is 1. The van der Waals surface area contributed by atoms with Gasteiger partial charge in [0.25, 0.3) is 13.4 Å². The summed E-state index contributed by atoms with van der Waals surface area (Å²) in [7, 11) is -7.37. The van der Waals surface area contributed by atoms with Crippen molar-refractivity contribution in [1.29, 1.82) is 0 Å². The Bertz CT molecular complexity index is 1130. The molecule has 3 rings (SSSR count). The van der Waals surface area contributed by atoms with Crippen LogP contribution in [0.25, 0.3) is 11.2 Å². The fraction of sp³-hybridized carbons (Fsp3) is 0.643. The SMILES string of the molecule is COP(=O)([O-])OP(=O)(COC[C@H]1O[C@@H](n2cnc3c(=O)[nH]c(N)nc32)C(C)(O)C1O)OC. The highest BCUT2D eigenvalue weighted by atomic mass is 31.3. The van der Waals surface area contributed by atoms with Crippen LogP contribution in [0, 0.1) is 0 Å². The van der Waals surface area contributed by atoms with Crippen molar-refractivity contribution in [2.75, 3.05) is 32.9 Å². The van der Waals surface area contributed by atoms with Crippen molar-refractivity contribution < 1.29 is 47.1 Å². The molecule has 0 bridgehead atoms. The first-order valence-corrected chi connectivity index (χ1v) is 12.1. The van der Waals surface area contributed by atoms with Gasteiger partial charge >= 0.3 is 7.60 Å². The van der Waals surface area contributed by atoms with E-state index in [1.807, 2.05) is 0 Å². The monoisotopic (exact) mass is 498 g/mol. The van der Waals surface area contributed by atoms with Crippen LogP contribution >= 0.6 is 15.4 Å². The number of fused-ring (bicyclic) bond motifs is 1. The molecule has 0 saturated carbocycles. The molecule has 18 heteroatoms. The minimum absolute atomic E-state index is 0.00772. The molecular weight excluding hydrogens is 476 g/mol. The van der Waals surface area contributed by atoms with Gasteiger partial charge in [-0.05, 0) is 6.92 Å². The number of nitrogens with two attached hydrogens (primary N) is 1. The minimum Gasteiger partial charge on any atom is -0.756 e. The molecule has 0 amide bonds. The predicted octanol–water partition coefficient (Wildman–Crippen LogP) is -1.34. The molecular formula is C14H22N5O11P2-. The van der Waals surface area contributed by atoms with Crippen LogP contribution in [0.15, 0.2) is 11.1 Å². The van der Waals surface area contributed by atoms with Crippen LogP contribution in [-0.4, -0.2) is 74.7 Å². The lowest BCUT2D eigenvalue weighted by Crippen LogP contribution is -2.44. The number of H-pyrrole nitrogens is 1. The van der Waals surface area contributed by atoms with Gasteiger partial charge in [0.15, 0.2) is 17.4 Å². The van der Waals surface area contributed by atoms with Crippen molar-refractivity contribution in [3.63, 3.8) is 0 Å².